The number of aromatic nitrogens is 1. The molecule has 0 bridgehead atoms. The summed E-state index contributed by atoms with van der Waals surface area (Å²) >= 11 is 0. The fourth-order valence-electron chi connectivity index (χ4n) is 5.94. The molecule has 4 nitrogen and oxygen atoms in total. The summed E-state index contributed by atoms with van der Waals surface area (Å²) in [5.74, 6) is 3.23. The van der Waals surface area contributed by atoms with E-state index in [1.165, 1.54) is 94.4 Å². The number of hydrogen-bond donors (Lipinski definition) is 0. The highest BCUT2D eigenvalue weighted by molar-refractivity contribution is 6.53. The maximum absolute atomic E-state index is 6.30. The van der Waals surface area contributed by atoms with Gasteiger partial charge < -0.3 is 14.2 Å². The lowest BCUT2D eigenvalue weighted by Gasteiger charge is -2.21. The Kier molecular flexibility index (Phi) is 17.3. The van der Waals surface area contributed by atoms with Crippen LogP contribution in [0.4, 0.5) is 0 Å². The first-order valence-electron chi connectivity index (χ1n) is 17.3. The summed E-state index contributed by atoms with van der Waals surface area (Å²) in [6.45, 7) is 11.1. The van der Waals surface area contributed by atoms with Crippen molar-refractivity contribution in [1.29, 1.82) is 0 Å². The van der Waals surface area contributed by atoms with E-state index in [9.17, 15) is 0 Å². The van der Waals surface area contributed by atoms with Crippen molar-refractivity contribution in [3.8, 4) is 11.5 Å². The van der Waals surface area contributed by atoms with E-state index in [0.29, 0.717) is 11.5 Å². The van der Waals surface area contributed by atoms with Gasteiger partial charge >= 0.3 is 0 Å². The fourth-order valence-corrected chi connectivity index (χ4v) is 7.10. The summed E-state index contributed by atoms with van der Waals surface area (Å²) in [5, 5.41) is 1.23. The van der Waals surface area contributed by atoms with Crippen LogP contribution in [0.5, 0.6) is 11.5 Å². The summed E-state index contributed by atoms with van der Waals surface area (Å²) in [4.78, 5) is 4.57. The van der Waals surface area contributed by atoms with Crippen LogP contribution < -0.4 is 14.8 Å². The van der Waals surface area contributed by atoms with Crippen molar-refractivity contribution in [3.05, 3.63) is 48.2 Å². The van der Waals surface area contributed by atoms with Crippen molar-refractivity contribution in [2.75, 3.05) is 13.2 Å². The second kappa shape index (κ2) is 20.9. The van der Waals surface area contributed by atoms with Crippen molar-refractivity contribution in [3.63, 3.8) is 0 Å². The van der Waals surface area contributed by atoms with Crippen molar-refractivity contribution in [2.45, 2.75) is 148 Å². The van der Waals surface area contributed by atoms with Crippen LogP contribution in [0.2, 0.25) is 5.54 Å². The van der Waals surface area contributed by atoms with E-state index < -0.39 is 0 Å². The van der Waals surface area contributed by atoms with Crippen LogP contribution >= 0.6 is 0 Å². The molecule has 3 rings (SSSR count). The number of hydrogen-bond acceptors (Lipinski definition) is 4. The van der Waals surface area contributed by atoms with Gasteiger partial charge in [-0.15, -0.1) is 0 Å². The van der Waals surface area contributed by atoms with Gasteiger partial charge in [-0.2, -0.15) is 0 Å². The topological polar surface area (TPSA) is 40.6 Å². The third-order valence-corrected chi connectivity index (χ3v) is 10.0. The Labute approximate surface area is 260 Å². The van der Waals surface area contributed by atoms with Crippen molar-refractivity contribution >= 4 is 14.8 Å². The van der Waals surface area contributed by atoms with E-state index in [0.717, 1.165) is 59.4 Å². The van der Waals surface area contributed by atoms with Gasteiger partial charge in [0.15, 0.2) is 11.5 Å². The first-order valence-corrected chi connectivity index (χ1v) is 18.4. The Hall–Kier alpha value is -1.85. The molecule has 0 spiro atoms. The normalized spacial score (nSPS) is 16.4. The summed E-state index contributed by atoms with van der Waals surface area (Å²) in [6.07, 6.45) is 21.6. The molecule has 5 heteroatoms. The van der Waals surface area contributed by atoms with Gasteiger partial charge in [-0.3, -0.25) is 4.98 Å². The lowest BCUT2D eigenvalue weighted by molar-refractivity contribution is 0.0366. The number of fused-ring (bicyclic) bond motifs is 1. The molecule has 2 aromatic rings. The third kappa shape index (κ3) is 13.6. The Morgan fingerprint density at radius 3 is 2.31 bits per heavy atom. The SMILES string of the molecule is CCCCCCOCCCCC1Oc2ccc(C(CCCC(C)CCCCC)CCC(C)[Si]c3ccccn3)cc2O1. The number of nitrogens with zero attached hydrogens (tertiary/aromatic N) is 1. The Bertz CT molecular complexity index is 955. The molecule has 1 aliphatic heterocycles. The highest BCUT2D eigenvalue weighted by Gasteiger charge is 2.25. The summed E-state index contributed by atoms with van der Waals surface area (Å²) in [7, 11) is 0.769. The molecule has 0 saturated carbocycles. The standard InChI is InChI=1S/C37H59NO3Si/c1-5-7-9-14-27-39-28-15-12-21-37-40-34-25-24-33(29-35(34)41-37)32(19-16-18-30(3)17-10-8-6-2)23-22-31(4)42-36-20-11-13-26-38-36/h11,13,20,24-26,29-32,37H,5-10,12,14-19,21-23,27-28H2,1-4H3. The summed E-state index contributed by atoms with van der Waals surface area (Å²) in [5.41, 5.74) is 2.07. The largest absolute Gasteiger partial charge is 0.451 e. The number of ether oxygens (including phenoxy) is 3. The second-order valence-corrected chi connectivity index (χ2v) is 14.4. The quantitative estimate of drug-likeness (QED) is 0.0897. The molecule has 4 unspecified atom stereocenters. The van der Waals surface area contributed by atoms with Gasteiger partial charge in [0.1, 0.15) is 9.52 Å². The van der Waals surface area contributed by atoms with E-state index in [1.807, 2.05) is 12.3 Å². The Morgan fingerprint density at radius 1 is 0.762 bits per heavy atom. The zero-order chi connectivity index (χ0) is 29.8. The first-order chi connectivity index (χ1) is 20.6. The molecule has 1 aromatic heterocycles. The van der Waals surface area contributed by atoms with Crippen LogP contribution in [0.25, 0.3) is 0 Å². The maximum atomic E-state index is 6.30. The van der Waals surface area contributed by atoms with Crippen LogP contribution in [0.3, 0.4) is 0 Å². The lowest BCUT2D eigenvalue weighted by atomic mass is 9.87. The average molecular weight is 594 g/mol. The molecule has 0 fully saturated rings. The van der Waals surface area contributed by atoms with Gasteiger partial charge in [-0.05, 0) is 79.3 Å². The number of pyridine rings is 1. The van der Waals surface area contributed by atoms with E-state index >= 15 is 0 Å². The first kappa shape index (κ1) is 34.6. The minimum atomic E-state index is -0.165. The van der Waals surface area contributed by atoms with Crippen molar-refractivity contribution in [2.24, 2.45) is 5.92 Å². The maximum Gasteiger partial charge on any atom is 0.241 e. The van der Waals surface area contributed by atoms with Crippen LogP contribution in [0, 0.1) is 5.92 Å². The number of rotatable bonds is 24. The number of benzene rings is 1. The second-order valence-electron chi connectivity index (χ2n) is 12.6. The van der Waals surface area contributed by atoms with E-state index in [-0.39, 0.29) is 6.29 Å². The summed E-state index contributed by atoms with van der Waals surface area (Å²) in [6, 6.07) is 13.0. The smallest absolute Gasteiger partial charge is 0.241 e. The minimum Gasteiger partial charge on any atom is -0.451 e. The minimum absolute atomic E-state index is 0.165. The molecular formula is C37H59NO3Si. The molecule has 1 aromatic carbocycles. The van der Waals surface area contributed by atoms with Crippen LogP contribution in [-0.2, 0) is 4.74 Å². The molecule has 0 aliphatic carbocycles. The predicted molar refractivity (Wildman–Crippen MR) is 178 cm³/mol. The van der Waals surface area contributed by atoms with Gasteiger partial charge in [0.2, 0.25) is 6.29 Å². The molecule has 0 amide bonds. The van der Waals surface area contributed by atoms with Crippen molar-refractivity contribution < 1.29 is 14.2 Å². The molecule has 0 N–H and O–H groups in total. The molecule has 0 saturated heterocycles. The van der Waals surface area contributed by atoms with Gasteiger partial charge in [-0.25, -0.2) is 0 Å². The van der Waals surface area contributed by atoms with Crippen LogP contribution in [-0.4, -0.2) is 34.0 Å². The average Bonchev–Trinajstić information content (AvgIpc) is 3.41. The Morgan fingerprint density at radius 2 is 1.52 bits per heavy atom. The predicted octanol–water partition coefficient (Wildman–Crippen LogP) is 10.0. The van der Waals surface area contributed by atoms with E-state index in [2.05, 4.69) is 63.0 Å². The van der Waals surface area contributed by atoms with Crippen molar-refractivity contribution in [1.82, 2.24) is 4.98 Å². The molecule has 2 heterocycles. The van der Waals surface area contributed by atoms with Crippen LogP contribution in [0.15, 0.2) is 42.6 Å². The van der Waals surface area contributed by atoms with Gasteiger partial charge in [0.25, 0.3) is 0 Å². The fraction of sp³-hybridized carbons (Fsp3) is 0.703. The van der Waals surface area contributed by atoms with Gasteiger partial charge in [0.05, 0.1) is 0 Å². The van der Waals surface area contributed by atoms with Gasteiger partial charge in [0, 0.05) is 31.1 Å². The molecule has 1 aliphatic rings. The zero-order valence-corrected chi connectivity index (χ0v) is 28.3. The highest BCUT2D eigenvalue weighted by atomic mass is 28.2. The molecule has 4 atom stereocenters. The lowest BCUT2D eigenvalue weighted by Crippen LogP contribution is -2.21. The Balaban J connectivity index is 1.48. The molecule has 2 radical (unpaired) electrons. The molecular weight excluding hydrogens is 534 g/mol. The summed E-state index contributed by atoms with van der Waals surface area (Å²) < 4.78 is 18.3. The van der Waals surface area contributed by atoms with E-state index in [4.69, 9.17) is 14.2 Å². The van der Waals surface area contributed by atoms with Gasteiger partial charge in [-0.1, -0.05) is 104 Å². The highest BCUT2D eigenvalue weighted by Crippen LogP contribution is 2.40. The third-order valence-electron chi connectivity index (χ3n) is 8.63. The molecule has 42 heavy (non-hydrogen) atoms. The zero-order valence-electron chi connectivity index (χ0n) is 27.3. The van der Waals surface area contributed by atoms with E-state index in [1.54, 1.807) is 0 Å². The number of unbranched alkanes of at least 4 members (excludes halogenated alkanes) is 6. The monoisotopic (exact) mass is 593 g/mol. The molecule has 234 valence electrons. The van der Waals surface area contributed by atoms with Crippen LogP contribution in [0.1, 0.15) is 142 Å².